The first kappa shape index (κ1) is 12.5. The summed E-state index contributed by atoms with van der Waals surface area (Å²) in [6, 6.07) is 8.94. The molecule has 0 aliphatic rings. The molecule has 0 spiro atoms. The molecule has 0 aliphatic heterocycles. The van der Waals surface area contributed by atoms with Crippen LogP contribution in [0.1, 0.15) is 31.7 Å². The lowest BCUT2D eigenvalue weighted by molar-refractivity contribution is 0.494. The molecule has 0 aliphatic carbocycles. The molecule has 1 atom stereocenters. The topological polar surface area (TPSA) is 24.9 Å². The van der Waals surface area contributed by atoms with Gasteiger partial charge in [0.1, 0.15) is 0 Å². The Morgan fingerprint density at radius 2 is 2.12 bits per heavy atom. The van der Waals surface area contributed by atoms with Crippen molar-refractivity contribution in [3.8, 4) is 0 Å². The highest BCUT2D eigenvalue weighted by atomic mass is 32.1. The van der Waals surface area contributed by atoms with E-state index in [0.29, 0.717) is 6.04 Å². The van der Waals surface area contributed by atoms with Gasteiger partial charge in [-0.25, -0.2) is 4.98 Å². The van der Waals surface area contributed by atoms with Crippen molar-refractivity contribution in [1.82, 2.24) is 10.3 Å². The lowest BCUT2D eigenvalue weighted by atomic mass is 10.1. The summed E-state index contributed by atoms with van der Waals surface area (Å²) in [5, 5.41) is 4.83. The normalized spacial score (nSPS) is 13.1. The molecule has 3 heteroatoms. The lowest BCUT2D eigenvalue weighted by Crippen LogP contribution is -2.30. The van der Waals surface area contributed by atoms with Gasteiger partial charge in [0.15, 0.2) is 0 Å². The highest BCUT2D eigenvalue weighted by molar-refractivity contribution is 7.18. The van der Waals surface area contributed by atoms with Crippen LogP contribution in [0.15, 0.2) is 24.3 Å². The summed E-state index contributed by atoms with van der Waals surface area (Å²) in [7, 11) is 0. The summed E-state index contributed by atoms with van der Waals surface area (Å²) < 4.78 is 1.30. The van der Waals surface area contributed by atoms with Crippen LogP contribution >= 0.6 is 11.3 Å². The van der Waals surface area contributed by atoms with E-state index in [-0.39, 0.29) is 0 Å². The van der Waals surface area contributed by atoms with Crippen molar-refractivity contribution >= 4 is 21.6 Å². The molecule has 17 heavy (non-hydrogen) atoms. The SMILES string of the molecule is CCCNC(CC)Cc1nc2ccccc2s1. The third-order valence-electron chi connectivity index (χ3n) is 2.94. The zero-order valence-corrected chi connectivity index (χ0v) is 11.4. The molecule has 1 unspecified atom stereocenters. The first-order valence-corrected chi connectivity index (χ1v) is 7.23. The molecule has 92 valence electrons. The van der Waals surface area contributed by atoms with E-state index in [1.165, 1.54) is 16.1 Å². The van der Waals surface area contributed by atoms with Crippen molar-refractivity contribution < 1.29 is 0 Å². The van der Waals surface area contributed by atoms with E-state index < -0.39 is 0 Å². The Hall–Kier alpha value is -0.930. The Bertz CT molecular complexity index is 431. The summed E-state index contributed by atoms with van der Waals surface area (Å²) in [5.41, 5.74) is 1.14. The maximum atomic E-state index is 4.69. The Kier molecular flexibility index (Phi) is 4.51. The van der Waals surface area contributed by atoms with Gasteiger partial charge < -0.3 is 5.32 Å². The molecule has 2 nitrogen and oxygen atoms in total. The second-order valence-electron chi connectivity index (χ2n) is 4.34. The van der Waals surface area contributed by atoms with Crippen LogP contribution < -0.4 is 5.32 Å². The number of thiazole rings is 1. The van der Waals surface area contributed by atoms with Crippen molar-refractivity contribution in [3.63, 3.8) is 0 Å². The molecule has 0 saturated carbocycles. The molecule has 0 fully saturated rings. The van der Waals surface area contributed by atoms with Gasteiger partial charge in [-0.1, -0.05) is 26.0 Å². The number of nitrogens with one attached hydrogen (secondary N) is 1. The molecule has 2 rings (SSSR count). The van der Waals surface area contributed by atoms with Gasteiger partial charge in [0.05, 0.1) is 15.2 Å². The van der Waals surface area contributed by atoms with E-state index in [2.05, 4.69) is 48.4 Å². The van der Waals surface area contributed by atoms with Gasteiger partial charge in [0, 0.05) is 12.5 Å². The molecule has 2 aromatic rings. The predicted octanol–water partition coefficient (Wildman–Crippen LogP) is 3.62. The van der Waals surface area contributed by atoms with Crippen molar-refractivity contribution in [2.24, 2.45) is 0 Å². The van der Waals surface area contributed by atoms with Crippen molar-refractivity contribution in [3.05, 3.63) is 29.3 Å². The van der Waals surface area contributed by atoms with Crippen LogP contribution in [0.4, 0.5) is 0 Å². The van der Waals surface area contributed by atoms with E-state index in [1.807, 2.05) is 11.3 Å². The van der Waals surface area contributed by atoms with Crippen molar-refractivity contribution in [2.45, 2.75) is 39.2 Å². The molecule has 0 amide bonds. The van der Waals surface area contributed by atoms with E-state index in [9.17, 15) is 0 Å². The summed E-state index contributed by atoms with van der Waals surface area (Å²) in [5.74, 6) is 0. The van der Waals surface area contributed by atoms with Gasteiger partial charge in [0.2, 0.25) is 0 Å². The van der Waals surface area contributed by atoms with Crippen molar-refractivity contribution in [2.75, 3.05) is 6.54 Å². The van der Waals surface area contributed by atoms with Gasteiger partial charge in [0.25, 0.3) is 0 Å². The van der Waals surface area contributed by atoms with Crippen molar-refractivity contribution in [1.29, 1.82) is 0 Å². The quantitative estimate of drug-likeness (QED) is 0.844. The number of rotatable bonds is 6. The largest absolute Gasteiger partial charge is 0.314 e. The minimum atomic E-state index is 0.565. The molecule has 0 saturated heterocycles. The Balaban J connectivity index is 2.06. The molecule has 1 N–H and O–H groups in total. The molecule has 1 aromatic heterocycles. The monoisotopic (exact) mass is 248 g/mol. The third-order valence-corrected chi connectivity index (χ3v) is 3.99. The number of fused-ring (bicyclic) bond motifs is 1. The van der Waals surface area contributed by atoms with Crippen LogP contribution in [0.2, 0.25) is 0 Å². The predicted molar refractivity (Wildman–Crippen MR) is 75.7 cm³/mol. The molecule has 0 bridgehead atoms. The Labute approximate surface area is 107 Å². The standard InChI is InChI=1S/C14H20N2S/c1-3-9-15-11(4-2)10-14-16-12-7-5-6-8-13(12)17-14/h5-8,11,15H,3-4,9-10H2,1-2H3. The fourth-order valence-corrected chi connectivity index (χ4v) is 2.97. The molecular formula is C14H20N2S. The molecule has 0 radical (unpaired) electrons. The summed E-state index contributed by atoms with van der Waals surface area (Å²) >= 11 is 1.82. The minimum Gasteiger partial charge on any atom is -0.314 e. The summed E-state index contributed by atoms with van der Waals surface area (Å²) in [6.45, 7) is 5.54. The Morgan fingerprint density at radius 1 is 1.29 bits per heavy atom. The summed E-state index contributed by atoms with van der Waals surface area (Å²) in [6.07, 6.45) is 3.40. The van der Waals surface area contributed by atoms with Crippen LogP contribution in [0.5, 0.6) is 0 Å². The van der Waals surface area contributed by atoms with E-state index in [4.69, 9.17) is 0 Å². The van der Waals surface area contributed by atoms with E-state index >= 15 is 0 Å². The second kappa shape index (κ2) is 6.12. The number of aromatic nitrogens is 1. The minimum absolute atomic E-state index is 0.565. The Morgan fingerprint density at radius 3 is 2.82 bits per heavy atom. The highest BCUT2D eigenvalue weighted by Gasteiger charge is 2.10. The van der Waals surface area contributed by atoms with E-state index in [1.54, 1.807) is 0 Å². The molecular weight excluding hydrogens is 228 g/mol. The molecule has 1 aromatic carbocycles. The maximum absolute atomic E-state index is 4.69. The second-order valence-corrected chi connectivity index (χ2v) is 5.45. The third kappa shape index (κ3) is 3.27. The number of benzene rings is 1. The zero-order valence-electron chi connectivity index (χ0n) is 10.6. The van der Waals surface area contributed by atoms with Gasteiger partial charge in [-0.3, -0.25) is 0 Å². The van der Waals surface area contributed by atoms with Crippen LogP contribution in [0.3, 0.4) is 0 Å². The maximum Gasteiger partial charge on any atom is 0.0954 e. The number of para-hydroxylation sites is 1. The summed E-state index contributed by atoms with van der Waals surface area (Å²) in [4.78, 5) is 4.69. The smallest absolute Gasteiger partial charge is 0.0954 e. The van der Waals surface area contributed by atoms with Crippen LogP contribution in [-0.4, -0.2) is 17.6 Å². The number of nitrogens with zero attached hydrogens (tertiary/aromatic N) is 1. The van der Waals surface area contributed by atoms with Crippen LogP contribution in [0, 0.1) is 0 Å². The average Bonchev–Trinajstić information content (AvgIpc) is 2.76. The van der Waals surface area contributed by atoms with Gasteiger partial charge >= 0.3 is 0 Å². The van der Waals surface area contributed by atoms with Crippen LogP contribution in [0.25, 0.3) is 10.2 Å². The van der Waals surface area contributed by atoms with Crippen LogP contribution in [-0.2, 0) is 6.42 Å². The first-order chi connectivity index (χ1) is 8.33. The first-order valence-electron chi connectivity index (χ1n) is 6.41. The zero-order chi connectivity index (χ0) is 12.1. The molecule has 1 heterocycles. The van der Waals surface area contributed by atoms with Gasteiger partial charge in [-0.2, -0.15) is 0 Å². The highest BCUT2D eigenvalue weighted by Crippen LogP contribution is 2.22. The fourth-order valence-electron chi connectivity index (χ4n) is 1.93. The average molecular weight is 248 g/mol. The number of hydrogen-bond donors (Lipinski definition) is 1. The van der Waals surface area contributed by atoms with Gasteiger partial charge in [-0.05, 0) is 31.5 Å². The van der Waals surface area contributed by atoms with E-state index in [0.717, 1.165) is 24.9 Å². The van der Waals surface area contributed by atoms with Gasteiger partial charge in [-0.15, -0.1) is 11.3 Å². The fraction of sp³-hybridized carbons (Fsp3) is 0.500. The lowest BCUT2D eigenvalue weighted by Gasteiger charge is -2.14. The number of hydrogen-bond acceptors (Lipinski definition) is 3.